The van der Waals surface area contributed by atoms with Crippen molar-refractivity contribution in [1.29, 1.82) is 0 Å². The Bertz CT molecular complexity index is 201. The summed E-state index contributed by atoms with van der Waals surface area (Å²) in [5.74, 6) is 2.82. The lowest BCUT2D eigenvalue weighted by Gasteiger charge is -2.29. The maximum atomic E-state index is 3.80. The van der Waals surface area contributed by atoms with E-state index in [0.29, 0.717) is 0 Å². The molecule has 0 aromatic heterocycles. The molecule has 1 aliphatic carbocycles. The van der Waals surface area contributed by atoms with Crippen molar-refractivity contribution in [3.8, 4) is 0 Å². The molecule has 94 valence electrons. The Balaban J connectivity index is 1.71. The molecule has 0 radical (unpaired) electrons. The number of rotatable bonds is 4. The van der Waals surface area contributed by atoms with E-state index in [1.54, 1.807) is 0 Å². The van der Waals surface area contributed by atoms with Gasteiger partial charge in [-0.05, 0) is 43.4 Å². The second-order valence-corrected chi connectivity index (χ2v) is 6.06. The molecule has 2 heteroatoms. The van der Waals surface area contributed by atoms with E-state index in [-0.39, 0.29) is 0 Å². The Morgan fingerprint density at radius 3 is 2.56 bits per heavy atom. The highest BCUT2D eigenvalue weighted by molar-refractivity contribution is 4.82. The minimum Gasteiger partial charge on any atom is -0.316 e. The largest absolute Gasteiger partial charge is 0.316 e. The van der Waals surface area contributed by atoms with E-state index in [2.05, 4.69) is 24.5 Å². The quantitative estimate of drug-likeness (QED) is 0.717. The van der Waals surface area contributed by atoms with Crippen molar-refractivity contribution in [1.82, 2.24) is 10.6 Å². The molecule has 3 atom stereocenters. The number of nitrogens with one attached hydrogen (secondary N) is 2. The van der Waals surface area contributed by atoms with Crippen LogP contribution in [0, 0.1) is 17.8 Å². The third kappa shape index (κ3) is 3.46. The molecule has 0 amide bonds. The molecule has 1 heterocycles. The van der Waals surface area contributed by atoms with E-state index in [1.807, 2.05) is 0 Å². The summed E-state index contributed by atoms with van der Waals surface area (Å²) in [7, 11) is 0. The molecule has 1 saturated carbocycles. The zero-order valence-electron chi connectivity index (χ0n) is 11.0. The van der Waals surface area contributed by atoms with Crippen molar-refractivity contribution in [2.75, 3.05) is 19.6 Å². The highest BCUT2D eigenvalue weighted by Gasteiger charge is 2.24. The van der Waals surface area contributed by atoms with E-state index >= 15 is 0 Å². The lowest BCUT2D eigenvalue weighted by atomic mass is 9.93. The van der Waals surface area contributed by atoms with Crippen LogP contribution in [0.15, 0.2) is 0 Å². The molecular formula is C14H28N2. The topological polar surface area (TPSA) is 24.1 Å². The van der Waals surface area contributed by atoms with Crippen LogP contribution < -0.4 is 10.6 Å². The van der Waals surface area contributed by atoms with Gasteiger partial charge in [-0.25, -0.2) is 0 Å². The van der Waals surface area contributed by atoms with E-state index in [4.69, 9.17) is 0 Å². The van der Waals surface area contributed by atoms with Gasteiger partial charge in [0.15, 0.2) is 0 Å². The summed E-state index contributed by atoms with van der Waals surface area (Å²) in [5, 5.41) is 7.14. The first-order valence-electron chi connectivity index (χ1n) is 7.22. The van der Waals surface area contributed by atoms with Crippen LogP contribution in [0.5, 0.6) is 0 Å². The van der Waals surface area contributed by atoms with Crippen LogP contribution >= 0.6 is 0 Å². The van der Waals surface area contributed by atoms with Gasteiger partial charge in [0.2, 0.25) is 0 Å². The standard InChI is InChI=1S/C14H28N2/c1-3-12-4-5-14(7-11(2)6-12)16-10-13-8-15-9-13/h11-16H,3-10H2,1-2H3/t11?,12?,14-/m1/s1. The van der Waals surface area contributed by atoms with E-state index in [1.165, 1.54) is 51.7 Å². The first kappa shape index (κ1) is 12.4. The molecule has 16 heavy (non-hydrogen) atoms. The highest BCUT2D eigenvalue weighted by Crippen LogP contribution is 2.29. The normalized spacial score (nSPS) is 36.8. The Labute approximate surface area is 101 Å². The predicted molar refractivity (Wildman–Crippen MR) is 69.6 cm³/mol. The van der Waals surface area contributed by atoms with Gasteiger partial charge in [-0.2, -0.15) is 0 Å². The molecule has 2 nitrogen and oxygen atoms in total. The van der Waals surface area contributed by atoms with Crippen LogP contribution in [0.25, 0.3) is 0 Å². The first-order chi connectivity index (χ1) is 7.78. The minimum absolute atomic E-state index is 0.798. The van der Waals surface area contributed by atoms with Crippen LogP contribution in [0.2, 0.25) is 0 Å². The maximum absolute atomic E-state index is 3.80. The van der Waals surface area contributed by atoms with E-state index < -0.39 is 0 Å². The fraction of sp³-hybridized carbons (Fsp3) is 1.00. The van der Waals surface area contributed by atoms with Crippen LogP contribution in [-0.4, -0.2) is 25.7 Å². The third-order valence-electron chi connectivity index (χ3n) is 4.48. The Hall–Kier alpha value is -0.0800. The SMILES string of the molecule is CCC1CC[C@@H](NCC2CNC2)CC(C)C1. The molecule has 2 fully saturated rings. The molecule has 0 aromatic rings. The van der Waals surface area contributed by atoms with Crippen molar-refractivity contribution in [2.24, 2.45) is 17.8 Å². The molecule has 0 spiro atoms. The summed E-state index contributed by atoms with van der Waals surface area (Å²) in [6.45, 7) is 8.49. The third-order valence-corrected chi connectivity index (χ3v) is 4.48. The first-order valence-corrected chi connectivity index (χ1v) is 7.22. The maximum Gasteiger partial charge on any atom is 0.00698 e. The van der Waals surface area contributed by atoms with Crippen LogP contribution in [0.1, 0.15) is 46.0 Å². The average molecular weight is 224 g/mol. The summed E-state index contributed by atoms with van der Waals surface area (Å²) < 4.78 is 0. The molecule has 2 rings (SSSR count). The Morgan fingerprint density at radius 2 is 1.94 bits per heavy atom. The summed E-state index contributed by atoms with van der Waals surface area (Å²) in [5.41, 5.74) is 0. The Morgan fingerprint density at radius 1 is 1.12 bits per heavy atom. The molecule has 2 unspecified atom stereocenters. The molecular weight excluding hydrogens is 196 g/mol. The van der Waals surface area contributed by atoms with Crippen molar-refractivity contribution in [2.45, 2.75) is 52.0 Å². The number of hydrogen-bond acceptors (Lipinski definition) is 2. The smallest absolute Gasteiger partial charge is 0.00698 e. The van der Waals surface area contributed by atoms with E-state index in [0.717, 1.165) is 23.8 Å². The monoisotopic (exact) mass is 224 g/mol. The molecule has 0 aromatic carbocycles. The van der Waals surface area contributed by atoms with Gasteiger partial charge in [-0.3, -0.25) is 0 Å². The van der Waals surface area contributed by atoms with Crippen molar-refractivity contribution < 1.29 is 0 Å². The van der Waals surface area contributed by atoms with Gasteiger partial charge in [0.1, 0.15) is 0 Å². The zero-order valence-corrected chi connectivity index (χ0v) is 11.0. The second-order valence-electron chi connectivity index (χ2n) is 6.06. The fourth-order valence-electron chi connectivity index (χ4n) is 3.21. The molecule has 2 N–H and O–H groups in total. The fourth-order valence-corrected chi connectivity index (χ4v) is 3.21. The van der Waals surface area contributed by atoms with Crippen molar-refractivity contribution in [3.63, 3.8) is 0 Å². The minimum atomic E-state index is 0.798. The molecule has 1 aliphatic heterocycles. The summed E-state index contributed by atoms with van der Waals surface area (Å²) >= 11 is 0. The zero-order chi connectivity index (χ0) is 11.4. The summed E-state index contributed by atoms with van der Waals surface area (Å²) in [6.07, 6.45) is 7.09. The second kappa shape index (κ2) is 6.02. The summed E-state index contributed by atoms with van der Waals surface area (Å²) in [4.78, 5) is 0. The van der Waals surface area contributed by atoms with Gasteiger partial charge in [0.25, 0.3) is 0 Å². The molecule has 0 bridgehead atoms. The van der Waals surface area contributed by atoms with Gasteiger partial charge in [0, 0.05) is 25.7 Å². The lowest BCUT2D eigenvalue weighted by molar-refractivity contribution is 0.301. The summed E-state index contributed by atoms with van der Waals surface area (Å²) in [6, 6.07) is 0.798. The van der Waals surface area contributed by atoms with Crippen molar-refractivity contribution in [3.05, 3.63) is 0 Å². The van der Waals surface area contributed by atoms with Crippen LogP contribution in [-0.2, 0) is 0 Å². The lowest BCUT2D eigenvalue weighted by Crippen LogP contribution is -2.49. The van der Waals surface area contributed by atoms with Crippen LogP contribution in [0.3, 0.4) is 0 Å². The average Bonchev–Trinajstić information content (AvgIpc) is 2.37. The van der Waals surface area contributed by atoms with Gasteiger partial charge >= 0.3 is 0 Å². The van der Waals surface area contributed by atoms with E-state index in [9.17, 15) is 0 Å². The molecule has 1 saturated heterocycles. The van der Waals surface area contributed by atoms with Crippen molar-refractivity contribution >= 4 is 0 Å². The van der Waals surface area contributed by atoms with Gasteiger partial charge in [0.05, 0.1) is 0 Å². The number of hydrogen-bond donors (Lipinski definition) is 2. The van der Waals surface area contributed by atoms with Crippen LogP contribution in [0.4, 0.5) is 0 Å². The highest BCUT2D eigenvalue weighted by atomic mass is 15.0. The Kier molecular flexibility index (Phi) is 4.66. The predicted octanol–water partition coefficient (Wildman–Crippen LogP) is 2.40. The molecule has 2 aliphatic rings. The van der Waals surface area contributed by atoms with Gasteiger partial charge in [-0.15, -0.1) is 0 Å². The van der Waals surface area contributed by atoms with Gasteiger partial charge in [-0.1, -0.05) is 20.3 Å². The van der Waals surface area contributed by atoms with Gasteiger partial charge < -0.3 is 10.6 Å².